The van der Waals surface area contributed by atoms with Crippen molar-refractivity contribution < 1.29 is 92.0 Å². The van der Waals surface area contributed by atoms with Crippen LogP contribution >= 0.6 is 0 Å². The number of benzene rings is 4. The van der Waals surface area contributed by atoms with E-state index in [1.54, 1.807) is 0 Å². The van der Waals surface area contributed by atoms with E-state index in [4.69, 9.17) is 10.2 Å². The lowest BCUT2D eigenvalue weighted by Crippen LogP contribution is -2.51. The molecular formula is C50H43N9O19. The monoisotopic (exact) mass is 1070 g/mol. The van der Waals surface area contributed by atoms with E-state index in [2.05, 4.69) is 26.6 Å². The number of carboxylic acids is 3. The zero-order valence-corrected chi connectivity index (χ0v) is 40.7. The van der Waals surface area contributed by atoms with Crippen LogP contribution in [-0.4, -0.2) is 188 Å². The first-order valence-corrected chi connectivity index (χ1v) is 23.7. The predicted octanol–water partition coefficient (Wildman–Crippen LogP) is -1.77. The first kappa shape index (κ1) is 54.0. The van der Waals surface area contributed by atoms with Gasteiger partial charge in [-0.1, -0.05) is 0 Å². The van der Waals surface area contributed by atoms with Gasteiger partial charge in [0, 0.05) is 125 Å². The first-order valence-electron chi connectivity index (χ1n) is 23.7. The number of hydrogen-bond acceptors (Lipinski definition) is 16. The molecule has 8 rings (SSSR count). The van der Waals surface area contributed by atoms with Crippen molar-refractivity contribution in [1.29, 1.82) is 0 Å². The number of rotatable bonds is 22. The van der Waals surface area contributed by atoms with Gasteiger partial charge in [-0.05, 0) is 48.5 Å². The molecule has 0 aromatic heterocycles. The minimum Gasteiger partial charge on any atom is -0.481 e. The highest BCUT2D eigenvalue weighted by atomic mass is 16.4. The number of imide groups is 4. The topological polar surface area (TPSA) is 407 Å². The molecule has 28 nitrogen and oxygen atoms in total. The van der Waals surface area contributed by atoms with Crippen LogP contribution in [0, 0.1) is 0 Å². The Hall–Kier alpha value is -10.3. The third kappa shape index (κ3) is 10.1. The lowest BCUT2D eigenvalue weighted by molar-refractivity contribution is -0.141. The number of carbonyl (C=O) groups is 16. The molecule has 78 heavy (non-hydrogen) atoms. The third-order valence-electron chi connectivity index (χ3n) is 13.1. The maximum Gasteiger partial charge on any atom is 0.322 e. The predicted molar refractivity (Wildman–Crippen MR) is 259 cm³/mol. The largest absolute Gasteiger partial charge is 0.481 e. The van der Waals surface area contributed by atoms with Crippen LogP contribution < -0.4 is 26.6 Å². The van der Waals surface area contributed by atoms with E-state index < -0.39 is 172 Å². The Bertz CT molecular complexity index is 3320. The summed E-state index contributed by atoms with van der Waals surface area (Å²) >= 11 is 0. The van der Waals surface area contributed by atoms with Gasteiger partial charge in [0.05, 0.1) is 12.8 Å². The van der Waals surface area contributed by atoms with Crippen molar-refractivity contribution in [2.45, 2.75) is 44.7 Å². The van der Waals surface area contributed by atoms with Gasteiger partial charge in [0.1, 0.15) is 18.6 Å². The Labute approximate surface area is 437 Å². The van der Waals surface area contributed by atoms with Crippen molar-refractivity contribution in [3.8, 4) is 0 Å². The summed E-state index contributed by atoms with van der Waals surface area (Å²) in [5.74, 6) is -15.5. The second kappa shape index (κ2) is 21.5. The highest BCUT2D eigenvalue weighted by Crippen LogP contribution is 2.39. The molecule has 28 heteroatoms. The highest BCUT2D eigenvalue weighted by Gasteiger charge is 2.42. The van der Waals surface area contributed by atoms with E-state index in [9.17, 15) is 81.8 Å². The summed E-state index contributed by atoms with van der Waals surface area (Å²) in [6, 6.07) is 6.88. The van der Waals surface area contributed by atoms with Crippen molar-refractivity contribution in [2.75, 3.05) is 45.8 Å². The van der Waals surface area contributed by atoms with Crippen molar-refractivity contribution in [1.82, 2.24) is 46.2 Å². The number of hydrogen-bond donors (Lipinski definition) is 8. The average Bonchev–Trinajstić information content (AvgIpc) is 3.41. The molecule has 2 atom stereocenters. The van der Waals surface area contributed by atoms with Crippen LogP contribution in [0.25, 0.3) is 21.5 Å². The molecule has 0 bridgehead atoms. The normalized spacial score (nSPS) is 15.1. The van der Waals surface area contributed by atoms with E-state index >= 15 is 0 Å². The van der Waals surface area contributed by atoms with Crippen LogP contribution in [0.5, 0.6) is 0 Å². The zero-order chi connectivity index (χ0) is 56.6. The van der Waals surface area contributed by atoms with Gasteiger partial charge in [0.2, 0.25) is 29.5 Å². The maximum atomic E-state index is 13.9. The smallest absolute Gasteiger partial charge is 0.322 e. The number of nitrogens with one attached hydrogen (secondary N) is 5. The number of carboxylic acid groups (broad SMARTS) is 3. The summed E-state index contributed by atoms with van der Waals surface area (Å²) in [6.07, 6.45) is -2.75. The van der Waals surface area contributed by atoms with Crippen LogP contribution in [0.4, 0.5) is 0 Å². The van der Waals surface area contributed by atoms with Crippen LogP contribution in [0.3, 0.4) is 0 Å². The Balaban J connectivity index is 0.877. The van der Waals surface area contributed by atoms with Gasteiger partial charge in [-0.2, -0.15) is 0 Å². The van der Waals surface area contributed by atoms with Gasteiger partial charge in [-0.3, -0.25) is 96.3 Å². The average molecular weight is 1070 g/mol. The van der Waals surface area contributed by atoms with E-state index in [1.165, 1.54) is 48.5 Å². The minimum absolute atomic E-state index is 0.00354. The number of carbonyl (C=O) groups excluding carboxylic acids is 13. The van der Waals surface area contributed by atoms with Crippen LogP contribution in [0.15, 0.2) is 48.5 Å². The van der Waals surface area contributed by atoms with Crippen LogP contribution in [-0.2, 0) is 38.4 Å². The molecule has 13 amide bonds. The fourth-order valence-corrected chi connectivity index (χ4v) is 9.56. The molecule has 0 spiro atoms. The quantitative estimate of drug-likeness (QED) is 0.0404. The summed E-state index contributed by atoms with van der Waals surface area (Å²) in [5, 5.41) is 38.9. The lowest BCUT2D eigenvalue weighted by atomic mass is 9.86. The molecule has 4 aliphatic rings. The van der Waals surface area contributed by atoms with Crippen molar-refractivity contribution in [2.24, 2.45) is 0 Å². The molecule has 0 saturated heterocycles. The number of aliphatic carboxylic acids is 3. The summed E-state index contributed by atoms with van der Waals surface area (Å²) < 4.78 is 0. The molecule has 0 unspecified atom stereocenters. The van der Waals surface area contributed by atoms with Gasteiger partial charge >= 0.3 is 17.9 Å². The van der Waals surface area contributed by atoms with Crippen molar-refractivity contribution in [3.05, 3.63) is 93.0 Å². The Kier molecular flexibility index (Phi) is 14.9. The second-order valence-electron chi connectivity index (χ2n) is 18.0. The molecule has 4 aromatic rings. The molecule has 4 heterocycles. The summed E-state index contributed by atoms with van der Waals surface area (Å²) in [4.78, 5) is 210. The third-order valence-corrected chi connectivity index (χ3v) is 13.1. The summed E-state index contributed by atoms with van der Waals surface area (Å²) in [5.41, 5.74) is -0.596. The van der Waals surface area contributed by atoms with E-state index in [0.29, 0.717) is 4.90 Å². The molecule has 0 radical (unpaired) electrons. The Morgan fingerprint density at radius 2 is 0.679 bits per heavy atom. The minimum atomic E-state index is -1.75. The van der Waals surface area contributed by atoms with Crippen LogP contribution in [0.1, 0.15) is 115 Å². The Morgan fingerprint density at radius 1 is 0.397 bits per heavy atom. The molecule has 0 fully saturated rings. The van der Waals surface area contributed by atoms with Crippen LogP contribution in [0.2, 0.25) is 0 Å². The molecule has 402 valence electrons. The molecular weight excluding hydrogens is 1030 g/mol. The van der Waals surface area contributed by atoms with Crippen molar-refractivity contribution in [3.63, 3.8) is 0 Å². The fraction of sp³-hybridized carbons (Fsp3) is 0.280. The van der Waals surface area contributed by atoms with Gasteiger partial charge < -0.3 is 41.9 Å². The van der Waals surface area contributed by atoms with Crippen molar-refractivity contribution >= 4 is 116 Å². The van der Waals surface area contributed by atoms with E-state index in [1.807, 2.05) is 0 Å². The SMILES string of the molecule is CC(=O)N[C@@H](CC(=O)O)C(=O)NCCN1C(=O)c2ccc3c4c(ccc(c24)C1=O)C(=O)N(CCC(=O)N[C@@H](CC(=O)O)C(=O)NCCN1C(=O)c2ccc4c5c(ccc(c25)C1=O)C(=O)N(CCC(=O)NCC(=O)O)C4=O)C3=O. The van der Waals surface area contributed by atoms with Gasteiger partial charge in [0.25, 0.3) is 47.3 Å². The molecule has 4 aliphatic heterocycles. The molecule has 8 N–H and O–H groups in total. The number of amides is 13. The van der Waals surface area contributed by atoms with E-state index in [0.717, 1.165) is 21.6 Å². The lowest BCUT2D eigenvalue weighted by Gasteiger charge is -2.32. The fourth-order valence-electron chi connectivity index (χ4n) is 9.56. The molecule has 0 saturated carbocycles. The Morgan fingerprint density at radius 3 is 0.962 bits per heavy atom. The second-order valence-corrected chi connectivity index (χ2v) is 18.0. The highest BCUT2D eigenvalue weighted by molar-refractivity contribution is 6.35. The van der Waals surface area contributed by atoms with E-state index in [-0.39, 0.29) is 72.6 Å². The maximum absolute atomic E-state index is 13.9. The zero-order valence-electron chi connectivity index (χ0n) is 40.7. The molecule has 0 aliphatic carbocycles. The molecule has 4 aromatic carbocycles. The van der Waals surface area contributed by atoms with Gasteiger partial charge in [-0.15, -0.1) is 0 Å². The van der Waals surface area contributed by atoms with Gasteiger partial charge in [-0.25, -0.2) is 0 Å². The standard InChI is InChI=1S/C50H43N9O19/c1-21(60)54-30(18-34(63)64)41(69)51-12-16-58-47(75)28-8-4-24-38-25(5-9-29(40(28)38)48(58)76)46(74)57(45(24)73)15-11-33(62)55-31(19-35(65)66)42(70)52-13-17-59-49(77)26-6-2-22-37-23(3-7-27(39(26)37)50(59)78)44(72)56(43(22)71)14-10-32(61)53-20-36(67)68/h2-9,30-31H,10-20H2,1H3,(H,51,69)(H,52,70)(H,53,61)(H,54,60)(H,55,62)(H,63,64)(H,65,66)(H,67,68)/t30-,31-/m0/s1. The summed E-state index contributed by atoms with van der Waals surface area (Å²) in [7, 11) is 0. The van der Waals surface area contributed by atoms with Gasteiger partial charge in [0.15, 0.2) is 0 Å². The first-order chi connectivity index (χ1) is 37.0. The summed E-state index contributed by atoms with van der Waals surface area (Å²) in [6.45, 7) is -2.25. The number of nitrogens with zero attached hydrogens (tertiary/aromatic N) is 4.